The third-order valence-corrected chi connectivity index (χ3v) is 2.12. The average Bonchev–Trinajstić information content (AvgIpc) is 1.78. The summed E-state index contributed by atoms with van der Waals surface area (Å²) >= 11 is 5.67. The van der Waals surface area contributed by atoms with Crippen molar-refractivity contribution >= 4 is 11.8 Å². The van der Waals surface area contributed by atoms with Crippen molar-refractivity contribution in [1.82, 2.24) is 4.42 Å². The summed E-state index contributed by atoms with van der Waals surface area (Å²) in [6, 6.07) is 0. The molecule has 54 valence electrons. The van der Waals surface area contributed by atoms with Gasteiger partial charge in [-0.05, 0) is 31.5 Å². The minimum atomic E-state index is -0.467. The number of rotatable bonds is 0. The van der Waals surface area contributed by atoms with Crippen LogP contribution in [0.3, 0.4) is 0 Å². The molecule has 1 aliphatic heterocycles. The molecule has 0 aromatic rings. The molecular formula is C6H12ClNO. The highest BCUT2D eigenvalue weighted by Crippen LogP contribution is 2.21. The van der Waals surface area contributed by atoms with Crippen LogP contribution in [0, 0.1) is 0 Å². The van der Waals surface area contributed by atoms with Gasteiger partial charge in [-0.15, -0.1) is 0 Å². The fourth-order valence-electron chi connectivity index (χ4n) is 0.961. The SMILES string of the molecule is CC1(O)CCN(Cl)CC1. The molecule has 0 aromatic carbocycles. The lowest BCUT2D eigenvalue weighted by Gasteiger charge is -2.31. The number of nitrogens with zero attached hydrogens (tertiary/aromatic N) is 1. The largest absolute Gasteiger partial charge is 0.390 e. The summed E-state index contributed by atoms with van der Waals surface area (Å²) in [4.78, 5) is 0. The van der Waals surface area contributed by atoms with E-state index in [1.165, 1.54) is 0 Å². The molecule has 3 heteroatoms. The second-order valence-corrected chi connectivity index (χ2v) is 3.38. The summed E-state index contributed by atoms with van der Waals surface area (Å²) < 4.78 is 1.72. The van der Waals surface area contributed by atoms with Crippen LogP contribution in [0.25, 0.3) is 0 Å². The smallest absolute Gasteiger partial charge is 0.0645 e. The van der Waals surface area contributed by atoms with Gasteiger partial charge >= 0.3 is 0 Å². The number of hydrogen-bond donors (Lipinski definition) is 1. The highest BCUT2D eigenvalue weighted by molar-refractivity contribution is 6.13. The minimum Gasteiger partial charge on any atom is -0.390 e. The Labute approximate surface area is 60.5 Å². The van der Waals surface area contributed by atoms with Crippen molar-refractivity contribution in [2.24, 2.45) is 0 Å². The van der Waals surface area contributed by atoms with Gasteiger partial charge in [0.25, 0.3) is 0 Å². The van der Waals surface area contributed by atoms with Crippen LogP contribution in [0.1, 0.15) is 19.8 Å². The molecule has 0 aliphatic carbocycles. The van der Waals surface area contributed by atoms with Crippen molar-refractivity contribution in [2.45, 2.75) is 25.4 Å². The van der Waals surface area contributed by atoms with E-state index in [4.69, 9.17) is 11.8 Å². The lowest BCUT2D eigenvalue weighted by molar-refractivity contribution is 0.0128. The molecular weight excluding hydrogens is 138 g/mol. The summed E-state index contributed by atoms with van der Waals surface area (Å²) in [5.41, 5.74) is -0.467. The van der Waals surface area contributed by atoms with E-state index in [0.717, 1.165) is 25.9 Å². The van der Waals surface area contributed by atoms with Crippen molar-refractivity contribution in [2.75, 3.05) is 13.1 Å². The maximum Gasteiger partial charge on any atom is 0.0645 e. The van der Waals surface area contributed by atoms with Gasteiger partial charge in [0.2, 0.25) is 0 Å². The maximum atomic E-state index is 9.41. The van der Waals surface area contributed by atoms with Crippen LogP contribution in [-0.2, 0) is 0 Å². The van der Waals surface area contributed by atoms with Crippen LogP contribution < -0.4 is 0 Å². The molecule has 1 heterocycles. The molecule has 0 spiro atoms. The summed E-state index contributed by atoms with van der Waals surface area (Å²) in [5.74, 6) is 0. The topological polar surface area (TPSA) is 23.5 Å². The highest BCUT2D eigenvalue weighted by Gasteiger charge is 2.26. The predicted octanol–water partition coefficient (Wildman–Crippen LogP) is 0.987. The summed E-state index contributed by atoms with van der Waals surface area (Å²) in [5, 5.41) is 9.41. The molecule has 0 radical (unpaired) electrons. The van der Waals surface area contributed by atoms with Crippen LogP contribution in [-0.4, -0.2) is 28.2 Å². The van der Waals surface area contributed by atoms with Gasteiger partial charge in [-0.25, -0.2) is 4.42 Å². The van der Waals surface area contributed by atoms with Crippen LogP contribution in [0.2, 0.25) is 0 Å². The summed E-state index contributed by atoms with van der Waals surface area (Å²) in [6.45, 7) is 3.46. The van der Waals surface area contributed by atoms with Crippen LogP contribution in [0.5, 0.6) is 0 Å². The van der Waals surface area contributed by atoms with E-state index in [1.54, 1.807) is 4.42 Å². The molecule has 0 aromatic heterocycles. The Balaban J connectivity index is 2.35. The number of aliphatic hydroxyl groups is 1. The Morgan fingerprint density at radius 3 is 2.22 bits per heavy atom. The average molecular weight is 150 g/mol. The molecule has 1 saturated heterocycles. The highest BCUT2D eigenvalue weighted by atomic mass is 35.5. The first-order chi connectivity index (χ1) is 4.10. The van der Waals surface area contributed by atoms with Gasteiger partial charge in [-0.1, -0.05) is 0 Å². The first kappa shape index (κ1) is 7.32. The second-order valence-electron chi connectivity index (χ2n) is 2.91. The van der Waals surface area contributed by atoms with Crippen molar-refractivity contribution in [3.63, 3.8) is 0 Å². The zero-order chi connectivity index (χ0) is 6.91. The summed E-state index contributed by atoms with van der Waals surface area (Å²) in [7, 11) is 0. The Bertz CT molecular complexity index is 95.2. The molecule has 9 heavy (non-hydrogen) atoms. The van der Waals surface area contributed by atoms with Crippen molar-refractivity contribution in [3.05, 3.63) is 0 Å². The van der Waals surface area contributed by atoms with Gasteiger partial charge in [-0.3, -0.25) is 0 Å². The van der Waals surface area contributed by atoms with Crippen molar-refractivity contribution in [3.8, 4) is 0 Å². The molecule has 0 bridgehead atoms. The molecule has 1 fully saturated rings. The van der Waals surface area contributed by atoms with E-state index in [2.05, 4.69) is 0 Å². The van der Waals surface area contributed by atoms with Crippen LogP contribution in [0.4, 0.5) is 0 Å². The van der Waals surface area contributed by atoms with E-state index in [-0.39, 0.29) is 0 Å². The third kappa shape index (κ3) is 2.12. The van der Waals surface area contributed by atoms with E-state index >= 15 is 0 Å². The van der Waals surface area contributed by atoms with Gasteiger partial charge in [-0.2, -0.15) is 0 Å². The molecule has 0 saturated carbocycles. The zero-order valence-electron chi connectivity index (χ0n) is 5.60. The standard InChI is InChI=1S/C6H12ClNO/c1-6(9)2-4-8(7)5-3-6/h9H,2-5H2,1H3. The van der Waals surface area contributed by atoms with E-state index in [1.807, 2.05) is 6.92 Å². The molecule has 1 N–H and O–H groups in total. The lowest BCUT2D eigenvalue weighted by atomic mass is 9.95. The third-order valence-electron chi connectivity index (χ3n) is 1.79. The van der Waals surface area contributed by atoms with Crippen LogP contribution >= 0.6 is 11.8 Å². The Hall–Kier alpha value is 0.210. The van der Waals surface area contributed by atoms with Crippen molar-refractivity contribution in [1.29, 1.82) is 0 Å². The van der Waals surface area contributed by atoms with Crippen molar-refractivity contribution < 1.29 is 5.11 Å². The Morgan fingerprint density at radius 2 is 1.89 bits per heavy atom. The summed E-state index contributed by atoms with van der Waals surface area (Å²) in [6.07, 6.45) is 1.58. The first-order valence-electron chi connectivity index (χ1n) is 3.23. The molecule has 1 rings (SSSR count). The maximum absolute atomic E-state index is 9.41. The van der Waals surface area contributed by atoms with Crippen LogP contribution in [0.15, 0.2) is 0 Å². The Morgan fingerprint density at radius 1 is 1.44 bits per heavy atom. The van der Waals surface area contributed by atoms with Gasteiger partial charge in [0.1, 0.15) is 0 Å². The zero-order valence-corrected chi connectivity index (χ0v) is 6.36. The van der Waals surface area contributed by atoms with Gasteiger partial charge in [0.05, 0.1) is 5.60 Å². The number of hydrogen-bond acceptors (Lipinski definition) is 2. The van der Waals surface area contributed by atoms with Gasteiger partial charge in [0, 0.05) is 13.1 Å². The number of halogens is 1. The first-order valence-corrected chi connectivity index (χ1v) is 3.57. The minimum absolute atomic E-state index is 0.467. The van der Waals surface area contributed by atoms with Gasteiger partial charge < -0.3 is 5.11 Å². The molecule has 2 nitrogen and oxygen atoms in total. The predicted molar refractivity (Wildman–Crippen MR) is 37.3 cm³/mol. The van der Waals surface area contributed by atoms with E-state index in [9.17, 15) is 5.11 Å². The quantitative estimate of drug-likeness (QED) is 0.520. The monoisotopic (exact) mass is 149 g/mol. The fourth-order valence-corrected chi connectivity index (χ4v) is 1.13. The molecule has 1 aliphatic rings. The second kappa shape index (κ2) is 2.45. The molecule has 0 atom stereocenters. The van der Waals surface area contributed by atoms with E-state index in [0.29, 0.717) is 0 Å². The molecule has 0 amide bonds. The lowest BCUT2D eigenvalue weighted by Crippen LogP contribution is -2.38. The fraction of sp³-hybridized carbons (Fsp3) is 1.00. The number of piperidine rings is 1. The molecule has 0 unspecified atom stereocenters. The normalized spacial score (nSPS) is 28.3. The van der Waals surface area contributed by atoms with E-state index < -0.39 is 5.60 Å². The van der Waals surface area contributed by atoms with Gasteiger partial charge in [0.15, 0.2) is 0 Å². The Kier molecular flexibility index (Phi) is 1.99.